The van der Waals surface area contributed by atoms with Crippen molar-refractivity contribution in [3.63, 3.8) is 0 Å². The Morgan fingerprint density at radius 3 is 1.38 bits per heavy atom. The molecule has 0 aromatic rings. The standard InChI is InChI=1S/C8H16O6S2/c1-15(9,10)13-7-5-3-4-6-8(7)14-16(2,11)12/h7-8H,3-6H2,1-2H3. The van der Waals surface area contributed by atoms with E-state index in [2.05, 4.69) is 0 Å². The number of hydrogen-bond acceptors (Lipinski definition) is 6. The highest BCUT2D eigenvalue weighted by atomic mass is 32.2. The fourth-order valence-corrected chi connectivity index (χ4v) is 3.07. The van der Waals surface area contributed by atoms with Gasteiger partial charge in [-0.15, -0.1) is 0 Å². The molecule has 0 heterocycles. The second-order valence-electron chi connectivity index (χ2n) is 3.96. The van der Waals surface area contributed by atoms with Gasteiger partial charge in [-0.3, -0.25) is 8.37 Å². The van der Waals surface area contributed by atoms with E-state index in [1.54, 1.807) is 0 Å². The van der Waals surface area contributed by atoms with E-state index in [1.807, 2.05) is 0 Å². The van der Waals surface area contributed by atoms with Gasteiger partial charge in [0.15, 0.2) is 0 Å². The van der Waals surface area contributed by atoms with Crippen LogP contribution in [0, 0.1) is 0 Å². The lowest BCUT2D eigenvalue weighted by molar-refractivity contribution is 0.0323. The van der Waals surface area contributed by atoms with Crippen molar-refractivity contribution in [2.45, 2.75) is 37.9 Å². The quantitative estimate of drug-likeness (QED) is 0.682. The zero-order valence-corrected chi connectivity index (χ0v) is 10.9. The molecule has 0 aromatic carbocycles. The Hall–Kier alpha value is -0.180. The first-order valence-corrected chi connectivity index (χ1v) is 8.57. The van der Waals surface area contributed by atoms with Gasteiger partial charge in [-0.1, -0.05) is 12.8 Å². The minimum Gasteiger partial charge on any atom is -0.264 e. The maximum Gasteiger partial charge on any atom is 0.264 e. The average Bonchev–Trinajstić information content (AvgIpc) is 2.03. The van der Waals surface area contributed by atoms with Crippen LogP contribution in [0.5, 0.6) is 0 Å². The Labute approximate surface area is 96.2 Å². The fourth-order valence-electron chi connectivity index (χ4n) is 1.73. The molecule has 0 radical (unpaired) electrons. The lowest BCUT2D eigenvalue weighted by Gasteiger charge is -2.29. The Bertz CT molecular complexity index is 381. The lowest BCUT2D eigenvalue weighted by atomic mass is 9.95. The second kappa shape index (κ2) is 4.99. The smallest absolute Gasteiger partial charge is 0.264 e. The molecule has 1 rings (SSSR count). The van der Waals surface area contributed by atoms with Gasteiger partial charge in [-0.05, 0) is 12.8 Å². The second-order valence-corrected chi connectivity index (χ2v) is 7.16. The zero-order valence-electron chi connectivity index (χ0n) is 9.25. The molecule has 1 aliphatic carbocycles. The number of hydrogen-bond donors (Lipinski definition) is 0. The fraction of sp³-hybridized carbons (Fsp3) is 1.00. The molecule has 0 amide bonds. The summed E-state index contributed by atoms with van der Waals surface area (Å²) in [5.41, 5.74) is 0. The van der Waals surface area contributed by atoms with Crippen LogP contribution in [-0.4, -0.2) is 41.6 Å². The van der Waals surface area contributed by atoms with Gasteiger partial charge in [0.05, 0.1) is 12.5 Å². The van der Waals surface area contributed by atoms with Crippen LogP contribution in [0.2, 0.25) is 0 Å². The van der Waals surface area contributed by atoms with E-state index in [-0.39, 0.29) is 0 Å². The number of rotatable bonds is 4. The minimum absolute atomic E-state index is 0.493. The highest BCUT2D eigenvalue weighted by molar-refractivity contribution is 7.86. The van der Waals surface area contributed by atoms with Crippen LogP contribution >= 0.6 is 0 Å². The van der Waals surface area contributed by atoms with Gasteiger partial charge in [0.2, 0.25) is 0 Å². The molecule has 1 aliphatic rings. The molecule has 0 aliphatic heterocycles. The van der Waals surface area contributed by atoms with Crippen molar-refractivity contribution in [3.8, 4) is 0 Å². The van der Waals surface area contributed by atoms with Crippen molar-refractivity contribution in [2.75, 3.05) is 12.5 Å². The third kappa shape index (κ3) is 5.24. The molecule has 1 fully saturated rings. The molecule has 2 unspecified atom stereocenters. The molecule has 0 aromatic heterocycles. The zero-order chi connectivity index (χ0) is 12.4. The Kier molecular flexibility index (Phi) is 4.33. The topological polar surface area (TPSA) is 86.7 Å². The molecule has 1 saturated carbocycles. The lowest BCUT2D eigenvalue weighted by Crippen LogP contribution is -2.37. The predicted octanol–water partition coefficient (Wildman–Crippen LogP) is 0.250. The van der Waals surface area contributed by atoms with Crippen LogP contribution in [0.4, 0.5) is 0 Å². The van der Waals surface area contributed by atoms with E-state index in [9.17, 15) is 16.8 Å². The van der Waals surface area contributed by atoms with Crippen LogP contribution in [0.1, 0.15) is 25.7 Å². The third-order valence-corrected chi connectivity index (χ3v) is 3.43. The maximum atomic E-state index is 11.0. The molecule has 0 bridgehead atoms. The summed E-state index contributed by atoms with van der Waals surface area (Å²) in [5, 5.41) is 0. The van der Waals surface area contributed by atoms with Crippen molar-refractivity contribution in [1.82, 2.24) is 0 Å². The Morgan fingerprint density at radius 1 is 0.812 bits per heavy atom. The summed E-state index contributed by atoms with van der Waals surface area (Å²) in [6.07, 6.45) is 3.10. The van der Waals surface area contributed by atoms with E-state index < -0.39 is 32.4 Å². The molecule has 6 nitrogen and oxygen atoms in total. The molecular formula is C8H16O6S2. The normalized spacial score (nSPS) is 27.9. The highest BCUT2D eigenvalue weighted by Gasteiger charge is 2.32. The summed E-state index contributed by atoms with van der Waals surface area (Å²) in [7, 11) is -7.17. The summed E-state index contributed by atoms with van der Waals surface area (Å²) >= 11 is 0. The van der Waals surface area contributed by atoms with Crippen molar-refractivity contribution in [3.05, 3.63) is 0 Å². The van der Waals surface area contributed by atoms with Crippen molar-refractivity contribution in [1.29, 1.82) is 0 Å². The van der Waals surface area contributed by atoms with Gasteiger partial charge < -0.3 is 0 Å². The third-order valence-electron chi connectivity index (χ3n) is 2.24. The first-order chi connectivity index (χ1) is 7.17. The van der Waals surface area contributed by atoms with Crippen LogP contribution in [0.25, 0.3) is 0 Å². The molecule has 0 saturated heterocycles. The van der Waals surface area contributed by atoms with E-state index >= 15 is 0 Å². The van der Waals surface area contributed by atoms with E-state index in [4.69, 9.17) is 8.37 Å². The SMILES string of the molecule is CS(=O)(=O)OC1CCCCC1OS(C)(=O)=O. The van der Waals surface area contributed by atoms with Crippen molar-refractivity contribution in [2.24, 2.45) is 0 Å². The van der Waals surface area contributed by atoms with Gasteiger partial charge in [0, 0.05) is 0 Å². The minimum atomic E-state index is -3.59. The molecule has 0 N–H and O–H groups in total. The largest absolute Gasteiger partial charge is 0.264 e. The van der Waals surface area contributed by atoms with Crippen molar-refractivity contribution < 1.29 is 25.2 Å². The summed E-state index contributed by atoms with van der Waals surface area (Å²) in [4.78, 5) is 0. The molecule has 0 spiro atoms. The molecule has 96 valence electrons. The van der Waals surface area contributed by atoms with Gasteiger partial charge in [0.25, 0.3) is 20.2 Å². The van der Waals surface area contributed by atoms with E-state index in [1.165, 1.54) is 0 Å². The van der Waals surface area contributed by atoms with Crippen LogP contribution in [0.3, 0.4) is 0 Å². The van der Waals surface area contributed by atoms with Crippen LogP contribution in [0.15, 0.2) is 0 Å². The monoisotopic (exact) mass is 272 g/mol. The Balaban J connectivity index is 2.72. The van der Waals surface area contributed by atoms with E-state index in [0.717, 1.165) is 25.4 Å². The predicted molar refractivity (Wildman–Crippen MR) is 57.9 cm³/mol. The van der Waals surface area contributed by atoms with Gasteiger partial charge >= 0.3 is 0 Å². The van der Waals surface area contributed by atoms with Gasteiger partial charge in [-0.25, -0.2) is 0 Å². The van der Waals surface area contributed by atoms with Crippen LogP contribution in [-0.2, 0) is 28.6 Å². The average molecular weight is 272 g/mol. The summed E-state index contributed by atoms with van der Waals surface area (Å²) in [6.45, 7) is 0. The molecule has 2 atom stereocenters. The summed E-state index contributed by atoms with van der Waals surface area (Å²) in [5.74, 6) is 0. The molecule has 16 heavy (non-hydrogen) atoms. The van der Waals surface area contributed by atoms with Gasteiger partial charge in [0.1, 0.15) is 12.2 Å². The van der Waals surface area contributed by atoms with E-state index in [0.29, 0.717) is 12.8 Å². The first kappa shape index (κ1) is 13.9. The highest BCUT2D eigenvalue weighted by Crippen LogP contribution is 2.25. The first-order valence-electron chi connectivity index (χ1n) is 4.94. The maximum absolute atomic E-state index is 11.0. The summed E-state index contributed by atoms with van der Waals surface area (Å²) < 4.78 is 53.6. The molecule has 8 heteroatoms. The van der Waals surface area contributed by atoms with Crippen molar-refractivity contribution >= 4 is 20.2 Å². The van der Waals surface area contributed by atoms with Crippen LogP contribution < -0.4 is 0 Å². The van der Waals surface area contributed by atoms with Gasteiger partial charge in [-0.2, -0.15) is 16.8 Å². The molecular weight excluding hydrogens is 256 g/mol. The Morgan fingerprint density at radius 2 is 1.12 bits per heavy atom. The summed E-state index contributed by atoms with van der Waals surface area (Å²) in [6, 6.07) is 0.